The van der Waals surface area contributed by atoms with Gasteiger partial charge in [-0.1, -0.05) is 6.07 Å². The normalized spacial score (nSPS) is 18.6. The summed E-state index contributed by atoms with van der Waals surface area (Å²) in [4.78, 5) is 11.6. The molecule has 0 radical (unpaired) electrons. The number of hydrogen-bond donors (Lipinski definition) is 1. The van der Waals surface area contributed by atoms with Crippen LogP contribution in [-0.4, -0.2) is 35.9 Å². The Morgan fingerprint density at radius 3 is 2.90 bits per heavy atom. The standard InChI is InChI=1S/C23H25FN4O2/c1-15-19-12-17(24)5-6-20(19)27-23(26-15)28-9-2-3-18(8-10-28)25-13-16-4-7-21-22(11-16)30-14-29-21/h4-7,11-12,18,25H,2-3,8-10,13-14H2,1H3/t18-/m1/s1. The van der Waals surface area contributed by atoms with E-state index in [0.29, 0.717) is 12.8 Å². The van der Waals surface area contributed by atoms with Gasteiger partial charge in [0.15, 0.2) is 11.5 Å². The van der Waals surface area contributed by atoms with E-state index in [1.807, 2.05) is 19.1 Å². The maximum absolute atomic E-state index is 13.5. The lowest BCUT2D eigenvalue weighted by atomic mass is 10.1. The largest absolute Gasteiger partial charge is 0.454 e. The summed E-state index contributed by atoms with van der Waals surface area (Å²) in [7, 11) is 0. The second-order valence-corrected chi connectivity index (χ2v) is 7.95. The average molecular weight is 408 g/mol. The molecule has 1 aromatic heterocycles. The first kappa shape index (κ1) is 19.1. The summed E-state index contributed by atoms with van der Waals surface area (Å²) in [5.41, 5.74) is 2.80. The molecule has 2 aliphatic rings. The maximum atomic E-state index is 13.5. The number of rotatable bonds is 4. The van der Waals surface area contributed by atoms with E-state index in [-0.39, 0.29) is 5.82 Å². The van der Waals surface area contributed by atoms with Crippen molar-refractivity contribution in [3.63, 3.8) is 0 Å². The van der Waals surface area contributed by atoms with Crippen molar-refractivity contribution in [1.82, 2.24) is 15.3 Å². The highest BCUT2D eigenvalue weighted by molar-refractivity contribution is 5.81. The average Bonchev–Trinajstić information content (AvgIpc) is 3.09. The minimum atomic E-state index is -0.256. The monoisotopic (exact) mass is 408 g/mol. The zero-order valence-electron chi connectivity index (χ0n) is 17.0. The van der Waals surface area contributed by atoms with Crippen LogP contribution in [0, 0.1) is 12.7 Å². The molecule has 2 aromatic carbocycles. The van der Waals surface area contributed by atoms with Gasteiger partial charge in [-0.05, 0) is 62.1 Å². The smallest absolute Gasteiger partial charge is 0.231 e. The Morgan fingerprint density at radius 2 is 1.97 bits per heavy atom. The van der Waals surface area contributed by atoms with Crippen molar-refractivity contribution >= 4 is 16.9 Å². The van der Waals surface area contributed by atoms with Crippen molar-refractivity contribution in [3.8, 4) is 11.5 Å². The molecule has 1 saturated heterocycles. The fourth-order valence-electron chi connectivity index (χ4n) is 4.19. The molecule has 3 aromatic rings. The minimum absolute atomic E-state index is 0.256. The zero-order valence-corrected chi connectivity index (χ0v) is 17.0. The molecule has 3 heterocycles. The Labute approximate surface area is 175 Å². The van der Waals surface area contributed by atoms with E-state index in [1.165, 1.54) is 17.7 Å². The van der Waals surface area contributed by atoms with E-state index >= 15 is 0 Å². The van der Waals surface area contributed by atoms with Gasteiger partial charge in [0, 0.05) is 31.1 Å². The molecule has 0 saturated carbocycles. The van der Waals surface area contributed by atoms with Gasteiger partial charge in [-0.25, -0.2) is 14.4 Å². The molecule has 1 fully saturated rings. The summed E-state index contributed by atoms with van der Waals surface area (Å²) in [5.74, 6) is 2.12. The van der Waals surface area contributed by atoms with Crippen molar-refractivity contribution in [2.75, 3.05) is 24.8 Å². The predicted molar refractivity (Wildman–Crippen MR) is 113 cm³/mol. The number of benzene rings is 2. The lowest BCUT2D eigenvalue weighted by molar-refractivity contribution is 0.174. The third-order valence-electron chi connectivity index (χ3n) is 5.88. The molecule has 7 heteroatoms. The Hall–Kier alpha value is -2.93. The minimum Gasteiger partial charge on any atom is -0.454 e. The van der Waals surface area contributed by atoms with Gasteiger partial charge in [-0.15, -0.1) is 0 Å². The van der Waals surface area contributed by atoms with E-state index < -0.39 is 0 Å². The molecule has 5 rings (SSSR count). The number of aryl methyl sites for hydroxylation is 1. The van der Waals surface area contributed by atoms with Gasteiger partial charge in [-0.2, -0.15) is 0 Å². The highest BCUT2D eigenvalue weighted by Crippen LogP contribution is 2.32. The molecular formula is C23H25FN4O2. The van der Waals surface area contributed by atoms with Gasteiger partial charge in [0.2, 0.25) is 12.7 Å². The van der Waals surface area contributed by atoms with Crippen LogP contribution >= 0.6 is 0 Å². The molecule has 2 aliphatic heterocycles. The Kier molecular flexibility index (Phi) is 5.12. The summed E-state index contributed by atoms with van der Waals surface area (Å²) >= 11 is 0. The summed E-state index contributed by atoms with van der Waals surface area (Å²) in [6.45, 7) is 4.84. The molecule has 1 atom stereocenters. The highest BCUT2D eigenvalue weighted by Gasteiger charge is 2.20. The number of anilines is 1. The van der Waals surface area contributed by atoms with E-state index in [9.17, 15) is 4.39 Å². The number of nitrogens with one attached hydrogen (secondary N) is 1. The van der Waals surface area contributed by atoms with E-state index in [2.05, 4.69) is 21.3 Å². The fourth-order valence-corrected chi connectivity index (χ4v) is 4.19. The third-order valence-corrected chi connectivity index (χ3v) is 5.88. The first-order valence-electron chi connectivity index (χ1n) is 10.5. The van der Waals surface area contributed by atoms with Crippen LogP contribution in [0.4, 0.5) is 10.3 Å². The van der Waals surface area contributed by atoms with Crippen LogP contribution < -0.4 is 19.7 Å². The van der Waals surface area contributed by atoms with Crippen LogP contribution in [0.5, 0.6) is 11.5 Å². The number of hydrogen-bond acceptors (Lipinski definition) is 6. The number of ether oxygens (including phenoxy) is 2. The van der Waals surface area contributed by atoms with Crippen LogP contribution in [-0.2, 0) is 6.54 Å². The van der Waals surface area contributed by atoms with E-state index in [4.69, 9.17) is 14.5 Å². The first-order chi connectivity index (χ1) is 14.7. The Balaban J connectivity index is 1.23. The molecule has 156 valence electrons. The lowest BCUT2D eigenvalue weighted by Crippen LogP contribution is -2.31. The van der Waals surface area contributed by atoms with Gasteiger partial charge >= 0.3 is 0 Å². The van der Waals surface area contributed by atoms with Crippen molar-refractivity contribution in [1.29, 1.82) is 0 Å². The number of fused-ring (bicyclic) bond motifs is 2. The molecule has 0 amide bonds. The van der Waals surface area contributed by atoms with Crippen molar-refractivity contribution in [2.24, 2.45) is 0 Å². The second kappa shape index (κ2) is 8.07. The van der Waals surface area contributed by atoms with Crippen LogP contribution in [0.15, 0.2) is 36.4 Å². The van der Waals surface area contributed by atoms with Gasteiger partial charge in [0.25, 0.3) is 0 Å². The summed E-state index contributed by atoms with van der Waals surface area (Å²) < 4.78 is 24.4. The summed E-state index contributed by atoms with van der Waals surface area (Å²) in [6, 6.07) is 11.2. The van der Waals surface area contributed by atoms with Crippen LogP contribution in [0.3, 0.4) is 0 Å². The molecule has 0 aliphatic carbocycles. The molecule has 0 spiro atoms. The van der Waals surface area contributed by atoms with Crippen molar-refractivity contribution < 1.29 is 13.9 Å². The molecule has 6 nitrogen and oxygen atoms in total. The molecule has 1 N–H and O–H groups in total. The quantitative estimate of drug-likeness (QED) is 0.705. The number of halogens is 1. The fraction of sp³-hybridized carbons (Fsp3) is 0.391. The number of nitrogens with zero attached hydrogens (tertiary/aromatic N) is 3. The van der Waals surface area contributed by atoms with E-state index in [0.717, 1.165) is 72.9 Å². The predicted octanol–water partition coefficient (Wildman–Crippen LogP) is 3.95. The van der Waals surface area contributed by atoms with E-state index in [1.54, 1.807) is 6.07 Å². The lowest BCUT2D eigenvalue weighted by Gasteiger charge is -2.21. The topological polar surface area (TPSA) is 59.5 Å². The second-order valence-electron chi connectivity index (χ2n) is 7.95. The Morgan fingerprint density at radius 1 is 1.07 bits per heavy atom. The highest BCUT2D eigenvalue weighted by atomic mass is 19.1. The van der Waals surface area contributed by atoms with Crippen LogP contribution in [0.1, 0.15) is 30.5 Å². The van der Waals surface area contributed by atoms with Gasteiger partial charge in [-0.3, -0.25) is 0 Å². The summed E-state index contributed by atoms with van der Waals surface area (Å²) in [6.07, 6.45) is 3.20. The molecule has 0 unspecified atom stereocenters. The Bertz CT molecular complexity index is 1070. The first-order valence-corrected chi connectivity index (χ1v) is 10.5. The van der Waals surface area contributed by atoms with Crippen LogP contribution in [0.25, 0.3) is 10.9 Å². The van der Waals surface area contributed by atoms with Gasteiger partial charge in [0.05, 0.1) is 11.2 Å². The molecular weight excluding hydrogens is 383 g/mol. The number of aromatic nitrogens is 2. The third kappa shape index (κ3) is 3.89. The van der Waals surface area contributed by atoms with Gasteiger partial charge in [0.1, 0.15) is 5.82 Å². The van der Waals surface area contributed by atoms with Crippen molar-refractivity contribution in [2.45, 2.75) is 38.8 Å². The molecule has 30 heavy (non-hydrogen) atoms. The van der Waals surface area contributed by atoms with Gasteiger partial charge < -0.3 is 19.7 Å². The van der Waals surface area contributed by atoms with Crippen LogP contribution in [0.2, 0.25) is 0 Å². The SMILES string of the molecule is Cc1nc(N2CCC[C@@H](NCc3ccc4c(c3)OCO4)CC2)nc2ccc(F)cc12. The van der Waals surface area contributed by atoms with Crippen molar-refractivity contribution in [3.05, 3.63) is 53.5 Å². The summed E-state index contributed by atoms with van der Waals surface area (Å²) in [5, 5.41) is 4.46. The maximum Gasteiger partial charge on any atom is 0.231 e. The molecule has 0 bridgehead atoms. The zero-order chi connectivity index (χ0) is 20.5.